The van der Waals surface area contributed by atoms with Gasteiger partial charge in [0.1, 0.15) is 0 Å². The molecule has 1 rings (SSSR count). The van der Waals surface area contributed by atoms with Crippen LogP contribution in [0.2, 0.25) is 0 Å². The minimum Gasteiger partial charge on any atom is -0.352 e. The number of hydrogen-bond acceptors (Lipinski definition) is 2. The Morgan fingerprint density at radius 1 is 1.42 bits per heavy atom. The van der Waals surface area contributed by atoms with Crippen molar-refractivity contribution < 1.29 is 9.47 Å². The molecule has 0 aromatic carbocycles. The van der Waals surface area contributed by atoms with Gasteiger partial charge in [0, 0.05) is 5.41 Å². The molecule has 0 unspecified atom stereocenters. The molecule has 0 aromatic rings. The fourth-order valence-corrected chi connectivity index (χ4v) is 1.26. The quantitative estimate of drug-likeness (QED) is 0.637. The first-order valence-corrected chi connectivity index (χ1v) is 4.83. The summed E-state index contributed by atoms with van der Waals surface area (Å²) < 4.78 is 11.3. The topological polar surface area (TPSA) is 18.5 Å². The molecule has 0 radical (unpaired) electrons. The van der Waals surface area contributed by atoms with Crippen LogP contribution in [-0.4, -0.2) is 19.0 Å². The van der Waals surface area contributed by atoms with E-state index in [0.717, 1.165) is 19.4 Å². The summed E-state index contributed by atoms with van der Waals surface area (Å²) in [4.78, 5) is 0. The van der Waals surface area contributed by atoms with Gasteiger partial charge in [0.25, 0.3) is 0 Å². The monoisotopic (exact) mass is 172 g/mol. The van der Waals surface area contributed by atoms with Crippen LogP contribution in [0.3, 0.4) is 0 Å². The Balaban J connectivity index is 2.41. The van der Waals surface area contributed by atoms with Gasteiger partial charge in [-0.15, -0.1) is 0 Å². The summed E-state index contributed by atoms with van der Waals surface area (Å²) >= 11 is 0. The van der Waals surface area contributed by atoms with Crippen molar-refractivity contribution in [1.29, 1.82) is 0 Å². The Kier molecular flexibility index (Phi) is 3.13. The second kappa shape index (κ2) is 3.75. The molecule has 0 saturated carbocycles. The highest BCUT2D eigenvalue weighted by atomic mass is 16.7. The van der Waals surface area contributed by atoms with Crippen LogP contribution in [0.25, 0.3) is 0 Å². The van der Waals surface area contributed by atoms with E-state index in [-0.39, 0.29) is 11.7 Å². The summed E-state index contributed by atoms with van der Waals surface area (Å²) in [5, 5.41) is 0. The Morgan fingerprint density at radius 2 is 2.08 bits per heavy atom. The fraction of sp³-hybridized carbons (Fsp3) is 1.00. The second-order valence-corrected chi connectivity index (χ2v) is 4.30. The van der Waals surface area contributed by atoms with Crippen molar-refractivity contribution in [2.45, 2.75) is 52.9 Å². The van der Waals surface area contributed by atoms with E-state index < -0.39 is 0 Å². The molecule has 0 N–H and O–H groups in total. The fourth-order valence-electron chi connectivity index (χ4n) is 1.26. The van der Waals surface area contributed by atoms with Gasteiger partial charge in [-0.25, -0.2) is 0 Å². The molecule has 0 spiro atoms. The van der Waals surface area contributed by atoms with Crippen LogP contribution in [0.1, 0.15) is 40.5 Å². The van der Waals surface area contributed by atoms with Crippen LogP contribution in [0.5, 0.6) is 0 Å². The molecule has 1 saturated heterocycles. The first kappa shape index (κ1) is 10.0. The van der Waals surface area contributed by atoms with Gasteiger partial charge in [-0.05, 0) is 13.3 Å². The van der Waals surface area contributed by atoms with E-state index in [1.54, 1.807) is 0 Å². The number of rotatable bonds is 2. The first-order chi connectivity index (χ1) is 5.56. The molecule has 0 aromatic heterocycles. The second-order valence-electron chi connectivity index (χ2n) is 4.30. The van der Waals surface area contributed by atoms with Crippen molar-refractivity contribution >= 4 is 0 Å². The first-order valence-electron chi connectivity index (χ1n) is 4.83. The molecule has 1 aliphatic heterocycles. The maximum Gasteiger partial charge on any atom is 0.157 e. The van der Waals surface area contributed by atoms with Gasteiger partial charge in [-0.2, -0.15) is 0 Å². The average Bonchev–Trinajstić information content (AvgIpc) is 1.98. The molecule has 0 amide bonds. The highest BCUT2D eigenvalue weighted by molar-refractivity contribution is 4.79. The van der Waals surface area contributed by atoms with Crippen molar-refractivity contribution in [1.82, 2.24) is 0 Å². The normalized spacial score (nSPS) is 35.0. The largest absolute Gasteiger partial charge is 0.352 e. The minimum absolute atomic E-state index is 0.0398. The lowest BCUT2D eigenvalue weighted by Gasteiger charge is -2.40. The summed E-state index contributed by atoms with van der Waals surface area (Å²) in [7, 11) is 0. The predicted molar refractivity (Wildman–Crippen MR) is 49.0 cm³/mol. The van der Waals surface area contributed by atoms with Gasteiger partial charge in [-0.3, -0.25) is 0 Å². The summed E-state index contributed by atoms with van der Waals surface area (Å²) in [6.07, 6.45) is 2.49. The third-order valence-electron chi connectivity index (χ3n) is 2.62. The molecule has 2 heteroatoms. The van der Waals surface area contributed by atoms with Crippen molar-refractivity contribution in [2.75, 3.05) is 6.61 Å². The molecule has 2 atom stereocenters. The van der Waals surface area contributed by atoms with E-state index in [1.807, 2.05) is 0 Å². The maximum atomic E-state index is 5.72. The van der Waals surface area contributed by atoms with Crippen LogP contribution in [0, 0.1) is 5.41 Å². The van der Waals surface area contributed by atoms with Gasteiger partial charge in [0.15, 0.2) is 6.29 Å². The zero-order valence-corrected chi connectivity index (χ0v) is 8.59. The molecule has 2 nitrogen and oxygen atoms in total. The lowest BCUT2D eigenvalue weighted by Crippen LogP contribution is -2.44. The highest BCUT2D eigenvalue weighted by Crippen LogP contribution is 2.30. The SMILES string of the molecule is CCC[C@@H]1OCC(C)(C)[C@H](C)O1. The van der Waals surface area contributed by atoms with Crippen LogP contribution in [-0.2, 0) is 9.47 Å². The van der Waals surface area contributed by atoms with Gasteiger partial charge in [0.2, 0.25) is 0 Å². The lowest BCUT2D eigenvalue weighted by molar-refractivity contribution is -0.256. The minimum atomic E-state index is 0.0398. The molecule has 12 heavy (non-hydrogen) atoms. The van der Waals surface area contributed by atoms with Crippen LogP contribution < -0.4 is 0 Å². The third kappa shape index (κ3) is 2.20. The molecule has 0 bridgehead atoms. The Labute approximate surface area is 75.2 Å². The molecule has 0 aliphatic carbocycles. The Bertz CT molecular complexity index is 143. The number of ether oxygens (including phenoxy) is 2. The molecule has 1 aliphatic rings. The van der Waals surface area contributed by atoms with Gasteiger partial charge < -0.3 is 9.47 Å². The van der Waals surface area contributed by atoms with Gasteiger partial charge in [-0.1, -0.05) is 27.2 Å². The van der Waals surface area contributed by atoms with Crippen LogP contribution in [0.4, 0.5) is 0 Å². The summed E-state index contributed by atoms with van der Waals surface area (Å²) in [5.41, 5.74) is 0.171. The third-order valence-corrected chi connectivity index (χ3v) is 2.62. The average molecular weight is 172 g/mol. The Morgan fingerprint density at radius 3 is 2.58 bits per heavy atom. The highest BCUT2D eigenvalue weighted by Gasteiger charge is 2.34. The zero-order chi connectivity index (χ0) is 9.19. The zero-order valence-electron chi connectivity index (χ0n) is 8.59. The summed E-state index contributed by atoms with van der Waals surface area (Å²) in [6.45, 7) is 9.46. The van der Waals surface area contributed by atoms with Crippen molar-refractivity contribution in [3.8, 4) is 0 Å². The van der Waals surface area contributed by atoms with E-state index in [9.17, 15) is 0 Å². The van der Waals surface area contributed by atoms with Crippen LogP contribution in [0.15, 0.2) is 0 Å². The van der Waals surface area contributed by atoms with Crippen molar-refractivity contribution in [2.24, 2.45) is 5.41 Å². The standard InChI is InChI=1S/C10H20O2/c1-5-6-9-11-7-10(3,4)8(2)12-9/h8-9H,5-7H2,1-4H3/t8-,9+/m0/s1. The van der Waals surface area contributed by atoms with Gasteiger partial charge >= 0.3 is 0 Å². The molecular weight excluding hydrogens is 152 g/mol. The molecular formula is C10H20O2. The molecule has 1 fully saturated rings. The van der Waals surface area contributed by atoms with Crippen molar-refractivity contribution in [3.63, 3.8) is 0 Å². The summed E-state index contributed by atoms with van der Waals surface area (Å²) in [6, 6.07) is 0. The maximum absolute atomic E-state index is 5.72. The number of hydrogen-bond donors (Lipinski definition) is 0. The molecule has 72 valence electrons. The van der Waals surface area contributed by atoms with Crippen LogP contribution >= 0.6 is 0 Å². The van der Waals surface area contributed by atoms with E-state index in [0.29, 0.717) is 6.10 Å². The predicted octanol–water partition coefficient (Wildman–Crippen LogP) is 2.57. The Hall–Kier alpha value is -0.0800. The molecule has 1 heterocycles. The summed E-state index contributed by atoms with van der Waals surface area (Å²) in [5.74, 6) is 0. The van der Waals surface area contributed by atoms with E-state index >= 15 is 0 Å². The van der Waals surface area contributed by atoms with E-state index in [1.165, 1.54) is 0 Å². The smallest absolute Gasteiger partial charge is 0.157 e. The van der Waals surface area contributed by atoms with Gasteiger partial charge in [0.05, 0.1) is 12.7 Å². The lowest BCUT2D eigenvalue weighted by atomic mass is 9.87. The van der Waals surface area contributed by atoms with E-state index in [4.69, 9.17) is 9.47 Å². The van der Waals surface area contributed by atoms with Crippen molar-refractivity contribution in [3.05, 3.63) is 0 Å². The van der Waals surface area contributed by atoms with E-state index in [2.05, 4.69) is 27.7 Å².